The summed E-state index contributed by atoms with van der Waals surface area (Å²) in [6, 6.07) is 13.6. The minimum Gasteiger partial charge on any atom is -0.507 e. The van der Waals surface area contributed by atoms with Gasteiger partial charge in [-0.15, -0.1) is 0 Å². The van der Waals surface area contributed by atoms with Gasteiger partial charge in [-0.2, -0.15) is 0 Å². The molecule has 1 saturated heterocycles. The number of hydrogen-bond donors (Lipinski definition) is 1. The zero-order valence-electron chi connectivity index (χ0n) is 15.9. The third-order valence-corrected chi connectivity index (χ3v) is 4.78. The number of ketones is 1. The summed E-state index contributed by atoms with van der Waals surface area (Å²) in [5.41, 5.74) is 1.08. The third kappa shape index (κ3) is 3.97. The van der Waals surface area contributed by atoms with Crippen molar-refractivity contribution in [2.75, 3.05) is 27.2 Å². The van der Waals surface area contributed by atoms with Crippen LogP contribution in [0.1, 0.15) is 23.6 Å². The number of rotatable bonds is 6. The van der Waals surface area contributed by atoms with Crippen molar-refractivity contribution in [1.29, 1.82) is 0 Å². The van der Waals surface area contributed by atoms with Crippen molar-refractivity contribution < 1.29 is 19.1 Å². The van der Waals surface area contributed by atoms with Crippen LogP contribution >= 0.6 is 0 Å². The number of amides is 1. The van der Waals surface area contributed by atoms with Crippen LogP contribution in [0.4, 0.5) is 4.39 Å². The fraction of sp³-hybridized carbons (Fsp3) is 0.273. The van der Waals surface area contributed by atoms with Gasteiger partial charge in [0.1, 0.15) is 11.6 Å². The molecule has 0 saturated carbocycles. The van der Waals surface area contributed by atoms with Gasteiger partial charge in [0.05, 0.1) is 11.6 Å². The first-order chi connectivity index (χ1) is 13.4. The zero-order valence-corrected chi connectivity index (χ0v) is 15.9. The van der Waals surface area contributed by atoms with Gasteiger partial charge in [0, 0.05) is 12.1 Å². The number of aliphatic hydroxyl groups is 1. The Bertz CT molecular complexity index is 892. The molecule has 2 aromatic rings. The van der Waals surface area contributed by atoms with E-state index < -0.39 is 23.5 Å². The molecule has 28 heavy (non-hydrogen) atoms. The molecule has 1 fully saturated rings. The Kier molecular flexibility index (Phi) is 5.90. The van der Waals surface area contributed by atoms with Crippen LogP contribution in [0, 0.1) is 5.82 Å². The summed E-state index contributed by atoms with van der Waals surface area (Å²) >= 11 is 0. The van der Waals surface area contributed by atoms with Crippen LogP contribution in [0.3, 0.4) is 0 Å². The second-order valence-corrected chi connectivity index (χ2v) is 7.07. The first kappa shape index (κ1) is 19.8. The smallest absolute Gasteiger partial charge is 0.295 e. The molecule has 1 aliphatic heterocycles. The minimum absolute atomic E-state index is 0.0349. The summed E-state index contributed by atoms with van der Waals surface area (Å²) in [6.07, 6.45) is 0.670. The van der Waals surface area contributed by atoms with Crippen molar-refractivity contribution >= 4 is 17.4 Å². The molecule has 0 aliphatic carbocycles. The molecule has 2 aromatic carbocycles. The number of nitrogens with zero attached hydrogens (tertiary/aromatic N) is 2. The molecule has 6 heteroatoms. The number of carbonyl (C=O) groups excluding carboxylic acids is 2. The quantitative estimate of drug-likeness (QED) is 0.474. The van der Waals surface area contributed by atoms with Gasteiger partial charge in [-0.05, 0) is 44.8 Å². The number of carbonyl (C=O) groups is 2. The molecule has 146 valence electrons. The Balaban J connectivity index is 2.07. The highest BCUT2D eigenvalue weighted by molar-refractivity contribution is 6.46. The van der Waals surface area contributed by atoms with E-state index >= 15 is 0 Å². The van der Waals surface area contributed by atoms with Gasteiger partial charge in [-0.25, -0.2) is 4.39 Å². The van der Waals surface area contributed by atoms with E-state index in [1.807, 2.05) is 19.0 Å². The van der Waals surface area contributed by atoms with Crippen LogP contribution in [0.2, 0.25) is 0 Å². The second kappa shape index (κ2) is 8.35. The summed E-state index contributed by atoms with van der Waals surface area (Å²) in [4.78, 5) is 29.0. The molecule has 0 radical (unpaired) electrons. The van der Waals surface area contributed by atoms with Crippen LogP contribution in [0.25, 0.3) is 5.76 Å². The molecule has 5 nitrogen and oxygen atoms in total. The van der Waals surface area contributed by atoms with Gasteiger partial charge in [-0.1, -0.05) is 42.5 Å². The van der Waals surface area contributed by atoms with Crippen molar-refractivity contribution in [2.24, 2.45) is 0 Å². The molecule has 1 amide bonds. The highest BCUT2D eigenvalue weighted by Crippen LogP contribution is 2.39. The van der Waals surface area contributed by atoms with E-state index in [2.05, 4.69) is 0 Å². The lowest BCUT2D eigenvalue weighted by atomic mass is 9.95. The average Bonchev–Trinajstić information content (AvgIpc) is 2.93. The van der Waals surface area contributed by atoms with Gasteiger partial charge in [0.15, 0.2) is 0 Å². The molecule has 1 N–H and O–H groups in total. The lowest BCUT2D eigenvalue weighted by Gasteiger charge is -2.26. The predicted molar refractivity (Wildman–Crippen MR) is 105 cm³/mol. The maximum Gasteiger partial charge on any atom is 0.295 e. The first-order valence-corrected chi connectivity index (χ1v) is 9.14. The molecule has 1 aliphatic rings. The van der Waals surface area contributed by atoms with Crippen LogP contribution < -0.4 is 0 Å². The maximum atomic E-state index is 13.4. The summed E-state index contributed by atoms with van der Waals surface area (Å²) in [5.74, 6) is -1.99. The zero-order chi connectivity index (χ0) is 20.3. The van der Waals surface area contributed by atoms with E-state index in [0.29, 0.717) is 24.1 Å². The number of aliphatic hydroxyl groups excluding tert-OH is 1. The Morgan fingerprint density at radius 1 is 1.07 bits per heavy atom. The van der Waals surface area contributed by atoms with Crippen LogP contribution in [-0.2, 0) is 9.59 Å². The molecule has 0 bridgehead atoms. The molecular weight excluding hydrogens is 359 g/mol. The Morgan fingerprint density at radius 3 is 2.32 bits per heavy atom. The predicted octanol–water partition coefficient (Wildman–Crippen LogP) is 3.20. The summed E-state index contributed by atoms with van der Waals surface area (Å²) in [7, 11) is 3.86. The summed E-state index contributed by atoms with van der Waals surface area (Å²) in [6.45, 7) is 1.11. The highest BCUT2D eigenvalue weighted by atomic mass is 19.1. The fourth-order valence-electron chi connectivity index (χ4n) is 3.41. The van der Waals surface area contributed by atoms with Gasteiger partial charge in [0.2, 0.25) is 0 Å². The van der Waals surface area contributed by atoms with Crippen LogP contribution in [0.15, 0.2) is 60.2 Å². The van der Waals surface area contributed by atoms with Gasteiger partial charge < -0.3 is 14.9 Å². The lowest BCUT2D eigenvalue weighted by molar-refractivity contribution is -0.139. The third-order valence-electron chi connectivity index (χ3n) is 4.78. The van der Waals surface area contributed by atoms with E-state index in [1.165, 1.54) is 17.0 Å². The van der Waals surface area contributed by atoms with Gasteiger partial charge in [-0.3, -0.25) is 9.59 Å². The Labute approximate surface area is 163 Å². The van der Waals surface area contributed by atoms with Crippen molar-refractivity contribution in [3.63, 3.8) is 0 Å². The van der Waals surface area contributed by atoms with E-state index in [4.69, 9.17) is 0 Å². The van der Waals surface area contributed by atoms with Gasteiger partial charge >= 0.3 is 0 Å². The van der Waals surface area contributed by atoms with Crippen molar-refractivity contribution in [1.82, 2.24) is 9.80 Å². The largest absolute Gasteiger partial charge is 0.507 e. The molecule has 0 unspecified atom stereocenters. The standard InChI is InChI=1S/C22H23FN2O3/c1-24(2)13-6-14-25-19(15-9-11-17(23)12-10-15)18(21(27)22(25)28)20(26)16-7-4-3-5-8-16/h3-5,7-12,19,26H,6,13-14H2,1-2H3/t19-/m0/s1. The van der Waals surface area contributed by atoms with E-state index in [0.717, 1.165) is 6.54 Å². The second-order valence-electron chi connectivity index (χ2n) is 7.07. The number of hydrogen-bond acceptors (Lipinski definition) is 4. The normalized spacial score (nSPS) is 18.9. The average molecular weight is 382 g/mol. The summed E-state index contributed by atoms with van der Waals surface area (Å²) < 4.78 is 13.4. The van der Waals surface area contributed by atoms with E-state index in [1.54, 1.807) is 42.5 Å². The van der Waals surface area contributed by atoms with Crippen molar-refractivity contribution in [3.05, 3.63) is 77.1 Å². The topological polar surface area (TPSA) is 60.9 Å². The number of likely N-dealkylation sites (tertiary alicyclic amines) is 1. The van der Waals surface area contributed by atoms with Crippen LogP contribution in [-0.4, -0.2) is 53.8 Å². The number of Topliss-reactive ketones (excluding diaryl/α,β-unsaturated/α-hetero) is 1. The first-order valence-electron chi connectivity index (χ1n) is 9.14. The summed E-state index contributed by atoms with van der Waals surface area (Å²) in [5, 5.41) is 10.8. The van der Waals surface area contributed by atoms with E-state index in [9.17, 15) is 19.1 Å². The monoisotopic (exact) mass is 382 g/mol. The Morgan fingerprint density at radius 2 is 1.71 bits per heavy atom. The number of benzene rings is 2. The van der Waals surface area contributed by atoms with Gasteiger partial charge in [0.25, 0.3) is 11.7 Å². The SMILES string of the molecule is CN(C)CCCN1C(=O)C(=O)C(=C(O)c2ccccc2)[C@@H]1c1ccc(F)cc1. The maximum absolute atomic E-state index is 13.4. The fourth-order valence-corrected chi connectivity index (χ4v) is 3.41. The molecule has 0 aromatic heterocycles. The van der Waals surface area contributed by atoms with Crippen LogP contribution in [0.5, 0.6) is 0 Å². The highest BCUT2D eigenvalue weighted by Gasteiger charge is 2.45. The van der Waals surface area contributed by atoms with Crippen molar-refractivity contribution in [3.8, 4) is 0 Å². The minimum atomic E-state index is -0.747. The lowest BCUT2D eigenvalue weighted by Crippen LogP contribution is -2.32. The molecule has 0 spiro atoms. The van der Waals surface area contributed by atoms with Crippen molar-refractivity contribution in [2.45, 2.75) is 12.5 Å². The molecular formula is C22H23FN2O3. The Hall–Kier alpha value is -2.99. The van der Waals surface area contributed by atoms with E-state index in [-0.39, 0.29) is 11.3 Å². The molecule has 3 rings (SSSR count). The number of halogens is 1. The molecule has 1 heterocycles. The molecule has 1 atom stereocenters.